The van der Waals surface area contributed by atoms with Crippen molar-refractivity contribution in [1.29, 1.82) is 0 Å². The number of nitrogens with one attached hydrogen (secondary N) is 2. The van der Waals surface area contributed by atoms with Crippen LogP contribution in [0.15, 0.2) is 63.8 Å². The van der Waals surface area contributed by atoms with Crippen molar-refractivity contribution in [2.24, 2.45) is 0 Å². The van der Waals surface area contributed by atoms with Crippen LogP contribution in [0.1, 0.15) is 27.7 Å². The number of allylic oxidation sites excluding steroid dienone is 2. The summed E-state index contributed by atoms with van der Waals surface area (Å²) in [5, 5.41) is 2.78. The summed E-state index contributed by atoms with van der Waals surface area (Å²) in [6, 6.07) is 9.04. The van der Waals surface area contributed by atoms with E-state index in [4.69, 9.17) is 9.26 Å². The number of hydrogen-bond acceptors (Lipinski definition) is 6. The van der Waals surface area contributed by atoms with E-state index in [1.54, 1.807) is 64.1 Å². The zero-order valence-electron chi connectivity index (χ0n) is 18.0. The fourth-order valence-corrected chi connectivity index (χ4v) is 4.57. The standard InChI is InChI=1S/C21H28N3O6P/c1-15(2)29-20(26)17(4)23-31(28,30-18-8-6-5-7-9-18)13-11-16(3)14-24-12-10-19(25)22-21(24)27/h5-12,15,17H,13-14H2,1-4H3,(H,23,28)(H,22,25,27)/b16-11+/t17-,31?/m0/s1. The van der Waals surface area contributed by atoms with E-state index in [-0.39, 0.29) is 18.8 Å². The molecule has 168 valence electrons. The number of para-hydroxylation sites is 1. The van der Waals surface area contributed by atoms with Gasteiger partial charge in [-0.05, 0) is 39.8 Å². The summed E-state index contributed by atoms with van der Waals surface area (Å²) in [4.78, 5) is 37.4. The van der Waals surface area contributed by atoms with E-state index in [0.29, 0.717) is 5.75 Å². The highest BCUT2D eigenvalue weighted by Crippen LogP contribution is 2.44. The number of carbonyl (C=O) groups is 1. The van der Waals surface area contributed by atoms with Crippen LogP contribution in [-0.2, 0) is 20.6 Å². The number of aromatic nitrogens is 2. The average molecular weight is 449 g/mol. The van der Waals surface area contributed by atoms with Gasteiger partial charge in [0.1, 0.15) is 11.8 Å². The van der Waals surface area contributed by atoms with E-state index in [0.717, 1.165) is 5.57 Å². The Kier molecular flexibility index (Phi) is 8.59. The van der Waals surface area contributed by atoms with Gasteiger partial charge in [-0.25, -0.2) is 9.88 Å². The van der Waals surface area contributed by atoms with E-state index >= 15 is 0 Å². The minimum atomic E-state index is -3.55. The van der Waals surface area contributed by atoms with Gasteiger partial charge in [0, 0.05) is 18.8 Å². The van der Waals surface area contributed by atoms with Crippen molar-refractivity contribution >= 4 is 13.5 Å². The Morgan fingerprint density at radius 3 is 2.48 bits per heavy atom. The lowest BCUT2D eigenvalue weighted by Gasteiger charge is -2.23. The molecule has 0 saturated heterocycles. The van der Waals surface area contributed by atoms with Crippen LogP contribution in [0.4, 0.5) is 0 Å². The lowest BCUT2D eigenvalue weighted by Crippen LogP contribution is -2.36. The minimum absolute atomic E-state index is 0.0227. The largest absolute Gasteiger partial charge is 0.462 e. The summed E-state index contributed by atoms with van der Waals surface area (Å²) in [5.41, 5.74) is -0.285. The number of esters is 1. The maximum absolute atomic E-state index is 13.5. The molecule has 0 amide bonds. The van der Waals surface area contributed by atoms with Crippen LogP contribution in [0.3, 0.4) is 0 Å². The van der Waals surface area contributed by atoms with Crippen molar-refractivity contribution in [3.05, 3.63) is 75.1 Å². The molecule has 1 aromatic carbocycles. The molecule has 0 aliphatic heterocycles. The van der Waals surface area contributed by atoms with E-state index in [2.05, 4.69) is 10.1 Å². The Labute approximate surface area is 180 Å². The quantitative estimate of drug-likeness (QED) is 0.325. The van der Waals surface area contributed by atoms with Gasteiger partial charge in [0.05, 0.1) is 12.3 Å². The highest BCUT2D eigenvalue weighted by Gasteiger charge is 2.29. The Morgan fingerprint density at radius 2 is 1.87 bits per heavy atom. The molecule has 1 heterocycles. The summed E-state index contributed by atoms with van der Waals surface area (Å²) < 4.78 is 25.8. The highest BCUT2D eigenvalue weighted by atomic mass is 31.2. The Bertz CT molecular complexity index is 1070. The molecule has 1 aromatic heterocycles. The summed E-state index contributed by atoms with van der Waals surface area (Å²) >= 11 is 0. The maximum atomic E-state index is 13.5. The average Bonchev–Trinajstić information content (AvgIpc) is 2.69. The summed E-state index contributed by atoms with van der Waals surface area (Å²) in [5.74, 6) is -0.141. The smallest absolute Gasteiger partial charge is 0.328 e. The molecule has 0 aliphatic carbocycles. The van der Waals surface area contributed by atoms with Crippen molar-refractivity contribution in [2.75, 3.05) is 6.16 Å². The van der Waals surface area contributed by atoms with Crippen molar-refractivity contribution < 1.29 is 18.6 Å². The maximum Gasteiger partial charge on any atom is 0.328 e. The Balaban J connectivity index is 2.19. The van der Waals surface area contributed by atoms with Crippen LogP contribution in [0.25, 0.3) is 0 Å². The highest BCUT2D eigenvalue weighted by molar-refractivity contribution is 7.57. The predicted molar refractivity (Wildman–Crippen MR) is 118 cm³/mol. The first-order chi connectivity index (χ1) is 14.6. The van der Waals surface area contributed by atoms with Gasteiger partial charge >= 0.3 is 19.2 Å². The predicted octanol–water partition coefficient (Wildman–Crippen LogP) is 2.68. The van der Waals surface area contributed by atoms with E-state index < -0.39 is 30.8 Å². The van der Waals surface area contributed by atoms with Gasteiger partial charge in [-0.1, -0.05) is 29.8 Å². The first-order valence-corrected chi connectivity index (χ1v) is 11.7. The van der Waals surface area contributed by atoms with Gasteiger partial charge in [0.2, 0.25) is 0 Å². The molecule has 10 heteroatoms. The lowest BCUT2D eigenvalue weighted by atomic mass is 10.3. The minimum Gasteiger partial charge on any atom is -0.462 e. The third-order valence-electron chi connectivity index (χ3n) is 4.09. The molecule has 0 aliphatic rings. The Hall–Kier alpha value is -2.90. The van der Waals surface area contributed by atoms with E-state index in [9.17, 15) is 18.9 Å². The second-order valence-electron chi connectivity index (χ2n) is 7.39. The molecular weight excluding hydrogens is 421 g/mol. The molecule has 9 nitrogen and oxygen atoms in total. The summed E-state index contributed by atoms with van der Waals surface area (Å²) in [6.45, 7) is 6.99. The van der Waals surface area contributed by atoms with E-state index in [1.807, 2.05) is 0 Å². The van der Waals surface area contributed by atoms with Gasteiger partial charge in [0.25, 0.3) is 5.56 Å². The number of benzene rings is 1. The summed E-state index contributed by atoms with van der Waals surface area (Å²) in [6.07, 6.45) is 2.74. The lowest BCUT2D eigenvalue weighted by molar-refractivity contribution is -0.149. The number of rotatable bonds is 10. The number of H-pyrrole nitrogens is 1. The van der Waals surface area contributed by atoms with Crippen molar-refractivity contribution in [3.63, 3.8) is 0 Å². The van der Waals surface area contributed by atoms with Crippen LogP contribution in [0.2, 0.25) is 0 Å². The first kappa shape index (κ1) is 24.4. The molecule has 0 spiro atoms. The molecular formula is C21H28N3O6P. The normalized spacial score (nSPS) is 14.7. The Morgan fingerprint density at radius 1 is 1.19 bits per heavy atom. The zero-order valence-corrected chi connectivity index (χ0v) is 18.9. The van der Waals surface area contributed by atoms with Crippen molar-refractivity contribution in [3.8, 4) is 5.75 Å². The number of nitrogens with zero attached hydrogens (tertiary/aromatic N) is 1. The topological polar surface area (TPSA) is 119 Å². The monoisotopic (exact) mass is 449 g/mol. The molecule has 2 aromatic rings. The van der Waals surface area contributed by atoms with Crippen LogP contribution in [0.5, 0.6) is 5.75 Å². The van der Waals surface area contributed by atoms with Crippen molar-refractivity contribution in [1.82, 2.24) is 14.6 Å². The fraction of sp³-hybridized carbons (Fsp3) is 0.381. The van der Waals surface area contributed by atoms with Crippen molar-refractivity contribution in [2.45, 2.75) is 46.4 Å². The molecule has 0 bridgehead atoms. The van der Waals surface area contributed by atoms with Gasteiger partial charge < -0.3 is 9.26 Å². The molecule has 2 N–H and O–H groups in total. The molecule has 2 atom stereocenters. The molecule has 1 unspecified atom stereocenters. The van der Waals surface area contributed by atoms with Crippen LogP contribution < -0.4 is 20.9 Å². The number of carbonyl (C=O) groups excluding carboxylic acids is 1. The third kappa shape index (κ3) is 8.03. The number of hydrogen-bond donors (Lipinski definition) is 2. The van der Waals surface area contributed by atoms with E-state index in [1.165, 1.54) is 16.8 Å². The molecule has 31 heavy (non-hydrogen) atoms. The second kappa shape index (κ2) is 10.9. The zero-order chi connectivity index (χ0) is 23.0. The number of aromatic amines is 1. The van der Waals surface area contributed by atoms with Gasteiger partial charge in [-0.2, -0.15) is 0 Å². The molecule has 0 radical (unpaired) electrons. The molecule has 0 saturated carbocycles. The molecule has 0 fully saturated rings. The van der Waals surface area contributed by atoms with Gasteiger partial charge in [0.15, 0.2) is 0 Å². The second-order valence-corrected chi connectivity index (χ2v) is 9.54. The number of ether oxygens (including phenoxy) is 1. The first-order valence-electron chi connectivity index (χ1n) is 9.85. The van der Waals surface area contributed by atoms with Crippen LogP contribution in [-0.4, -0.2) is 33.8 Å². The van der Waals surface area contributed by atoms with Gasteiger partial charge in [-0.15, -0.1) is 0 Å². The fourth-order valence-electron chi connectivity index (χ4n) is 2.63. The SMILES string of the molecule is C/C(=C\CP(=O)(N[C@@H](C)C(=O)OC(C)C)Oc1ccccc1)Cn1ccc(=O)[nH]c1=O. The third-order valence-corrected chi connectivity index (χ3v) is 6.04. The van der Waals surface area contributed by atoms with Crippen LogP contribution >= 0.6 is 7.52 Å². The van der Waals surface area contributed by atoms with Crippen LogP contribution in [0, 0.1) is 0 Å². The molecule has 2 rings (SSSR count). The summed E-state index contributed by atoms with van der Waals surface area (Å²) in [7, 11) is -3.55. The van der Waals surface area contributed by atoms with Gasteiger partial charge in [-0.3, -0.25) is 23.7 Å².